The number of benzene rings is 3. The molecule has 1 unspecified atom stereocenters. The van der Waals surface area contributed by atoms with Gasteiger partial charge in [0, 0.05) is 16.0 Å². The smallest absolute Gasteiger partial charge is 0.422 e. The van der Waals surface area contributed by atoms with Gasteiger partial charge in [0.05, 0.1) is 24.6 Å². The molecule has 4 aromatic rings. The van der Waals surface area contributed by atoms with E-state index in [4.69, 9.17) is 0 Å². The van der Waals surface area contributed by atoms with E-state index >= 15 is 0 Å². The Labute approximate surface area is 201 Å². The number of aromatic nitrogens is 2. The van der Waals surface area contributed by atoms with Crippen molar-refractivity contribution >= 4 is 22.7 Å². The summed E-state index contributed by atoms with van der Waals surface area (Å²) in [5, 5.41) is 15.4. The molecular weight excluding hydrogens is 494 g/mol. The molecule has 0 fully saturated rings. The Morgan fingerprint density at radius 3 is 2.23 bits per heavy atom. The van der Waals surface area contributed by atoms with Crippen LogP contribution in [0, 0.1) is 0 Å². The van der Waals surface area contributed by atoms with E-state index in [-0.39, 0.29) is 11.3 Å². The highest BCUT2D eigenvalue weighted by Gasteiger charge is 2.55. The molecule has 1 heterocycles. The van der Waals surface area contributed by atoms with Crippen molar-refractivity contribution < 1.29 is 36.2 Å². The van der Waals surface area contributed by atoms with Gasteiger partial charge in [0.1, 0.15) is 5.75 Å². The van der Waals surface area contributed by atoms with Gasteiger partial charge in [0.2, 0.25) is 0 Å². The van der Waals surface area contributed by atoms with Crippen LogP contribution in [0.4, 0.5) is 26.3 Å². The summed E-state index contributed by atoms with van der Waals surface area (Å²) in [6.07, 6.45) is -3.51. The molecule has 186 valence electrons. The van der Waals surface area contributed by atoms with Gasteiger partial charge in [-0.25, -0.2) is 4.68 Å². The molecule has 4 rings (SSSR count). The maximum atomic E-state index is 14.0. The first-order chi connectivity index (χ1) is 16.7. The summed E-state index contributed by atoms with van der Waals surface area (Å²) in [4.78, 5) is 0.359. The summed E-state index contributed by atoms with van der Waals surface area (Å²) >= 11 is 0.750. The van der Waals surface area contributed by atoms with Gasteiger partial charge in [-0.05, 0) is 54.1 Å². The van der Waals surface area contributed by atoms with Crippen molar-refractivity contribution in [3.63, 3.8) is 0 Å². The van der Waals surface area contributed by atoms with Crippen molar-refractivity contribution in [2.75, 3.05) is 12.9 Å². The molecule has 11 heteroatoms. The molecule has 0 bridgehead atoms. The van der Waals surface area contributed by atoms with E-state index in [0.717, 1.165) is 17.4 Å². The van der Waals surface area contributed by atoms with Crippen LogP contribution in [0.3, 0.4) is 0 Å². The lowest BCUT2D eigenvalue weighted by Gasteiger charge is -2.30. The third kappa shape index (κ3) is 5.91. The molecule has 0 aliphatic carbocycles. The van der Waals surface area contributed by atoms with Crippen LogP contribution < -0.4 is 4.74 Å². The molecular formula is C24H20F6N2O2S. The first-order valence-corrected chi connectivity index (χ1v) is 11.0. The van der Waals surface area contributed by atoms with Gasteiger partial charge in [-0.1, -0.05) is 24.3 Å². The van der Waals surface area contributed by atoms with Gasteiger partial charge in [-0.2, -0.15) is 27.1 Å². The number of fused-ring (bicyclic) bond motifs is 1. The Bertz CT molecular complexity index is 1230. The van der Waals surface area contributed by atoms with Gasteiger partial charge in [0.15, 0.2) is 5.60 Å². The second-order valence-corrected chi connectivity index (χ2v) is 8.21. The summed E-state index contributed by atoms with van der Waals surface area (Å²) in [7, 11) is 0.500. The van der Waals surface area contributed by atoms with Crippen LogP contribution in [-0.4, -0.2) is 40.6 Å². The average molecular weight is 514 g/mol. The SMILES string of the molecule is CF.OC(CSc1ccc(OC(F)F)cc1)(c1ccc2c(cnn2-c2ccccc2)c1)C(F)(F)F. The Kier molecular flexibility index (Phi) is 8.34. The predicted octanol–water partition coefficient (Wildman–Crippen LogP) is 6.75. The van der Waals surface area contributed by atoms with Crippen molar-refractivity contribution in [1.29, 1.82) is 0 Å². The van der Waals surface area contributed by atoms with Crippen LogP contribution in [0.25, 0.3) is 16.6 Å². The van der Waals surface area contributed by atoms with Crippen molar-refractivity contribution in [3.8, 4) is 11.4 Å². The van der Waals surface area contributed by atoms with E-state index in [1.54, 1.807) is 4.68 Å². The highest BCUT2D eigenvalue weighted by Crippen LogP contribution is 2.43. The fourth-order valence-corrected chi connectivity index (χ4v) is 4.33. The number of alkyl halides is 6. The normalized spacial score (nSPS) is 13.3. The molecule has 0 saturated carbocycles. The molecule has 0 spiro atoms. The summed E-state index contributed by atoms with van der Waals surface area (Å²) in [6.45, 7) is -3.00. The number of rotatable bonds is 7. The standard InChI is InChI=1S/C23H17F5N2O2S.CH3F/c24-21(25)32-18-7-9-19(10-8-18)33-14-22(31,23(26,27)28)16-6-11-20-15(12-16)13-29-30(20)17-4-2-1-3-5-17;1-2/h1-13,21,31H,14H2;1H3. The number of hydrogen-bond donors (Lipinski definition) is 1. The first kappa shape index (κ1) is 26.4. The van der Waals surface area contributed by atoms with E-state index in [9.17, 15) is 31.4 Å². The van der Waals surface area contributed by atoms with Crippen molar-refractivity contribution in [2.45, 2.75) is 23.3 Å². The van der Waals surface area contributed by atoms with Crippen molar-refractivity contribution in [1.82, 2.24) is 9.78 Å². The monoisotopic (exact) mass is 514 g/mol. The Morgan fingerprint density at radius 1 is 0.971 bits per heavy atom. The third-order valence-corrected chi connectivity index (χ3v) is 6.18. The topological polar surface area (TPSA) is 47.3 Å². The van der Waals surface area contributed by atoms with Gasteiger partial charge < -0.3 is 9.84 Å². The van der Waals surface area contributed by atoms with E-state index in [1.807, 2.05) is 30.3 Å². The summed E-state index contributed by atoms with van der Waals surface area (Å²) in [6, 6.07) is 18.3. The lowest BCUT2D eigenvalue weighted by molar-refractivity contribution is -0.256. The summed E-state index contributed by atoms with van der Waals surface area (Å²) in [5.74, 6) is -0.842. The van der Waals surface area contributed by atoms with Crippen LogP contribution in [0.5, 0.6) is 5.75 Å². The van der Waals surface area contributed by atoms with Crippen LogP contribution in [0.2, 0.25) is 0 Å². The highest BCUT2D eigenvalue weighted by atomic mass is 32.2. The number of thioether (sulfide) groups is 1. The Hall–Kier alpha value is -3.18. The molecule has 35 heavy (non-hydrogen) atoms. The molecule has 0 radical (unpaired) electrons. The fourth-order valence-electron chi connectivity index (χ4n) is 3.30. The van der Waals surface area contributed by atoms with Crippen LogP contribution in [0.15, 0.2) is 83.9 Å². The first-order valence-electron chi connectivity index (χ1n) is 10.1. The zero-order chi connectivity index (χ0) is 25.6. The molecule has 0 saturated heterocycles. The number of hydrogen-bond acceptors (Lipinski definition) is 4. The molecule has 0 amide bonds. The van der Waals surface area contributed by atoms with E-state index in [0.29, 0.717) is 23.0 Å². The maximum absolute atomic E-state index is 14.0. The quantitative estimate of drug-likeness (QED) is 0.219. The highest BCUT2D eigenvalue weighted by molar-refractivity contribution is 7.99. The predicted molar refractivity (Wildman–Crippen MR) is 122 cm³/mol. The van der Waals surface area contributed by atoms with Gasteiger partial charge in [0.25, 0.3) is 0 Å². The number of aliphatic hydroxyl groups is 1. The minimum absolute atomic E-state index is 0.110. The largest absolute Gasteiger partial charge is 0.435 e. The molecule has 1 aromatic heterocycles. The lowest BCUT2D eigenvalue weighted by Crippen LogP contribution is -2.44. The molecule has 4 nitrogen and oxygen atoms in total. The number of halogens is 6. The zero-order valence-corrected chi connectivity index (χ0v) is 19.0. The molecule has 0 aliphatic heterocycles. The van der Waals surface area contributed by atoms with Crippen molar-refractivity contribution in [2.24, 2.45) is 0 Å². The van der Waals surface area contributed by atoms with Gasteiger partial charge in [-0.15, -0.1) is 11.8 Å². The number of nitrogens with zero attached hydrogens (tertiary/aromatic N) is 2. The van der Waals surface area contributed by atoms with E-state index in [2.05, 4.69) is 9.84 Å². The summed E-state index contributed by atoms with van der Waals surface area (Å²) in [5.41, 5.74) is -2.11. The second kappa shape index (κ2) is 11.0. The van der Waals surface area contributed by atoms with E-state index < -0.39 is 24.1 Å². The number of ether oxygens (including phenoxy) is 1. The fraction of sp³-hybridized carbons (Fsp3) is 0.208. The van der Waals surface area contributed by atoms with Gasteiger partial charge >= 0.3 is 12.8 Å². The number of para-hydroxylation sites is 1. The van der Waals surface area contributed by atoms with Crippen LogP contribution in [-0.2, 0) is 5.60 Å². The maximum Gasteiger partial charge on any atom is 0.422 e. The lowest BCUT2D eigenvalue weighted by atomic mass is 9.94. The van der Waals surface area contributed by atoms with Crippen molar-refractivity contribution in [3.05, 3.63) is 84.6 Å². The van der Waals surface area contributed by atoms with Crippen LogP contribution >= 0.6 is 11.8 Å². The Balaban J connectivity index is 0.00000167. The molecule has 0 aliphatic rings. The second-order valence-electron chi connectivity index (χ2n) is 7.16. The molecule has 3 aromatic carbocycles. The molecule has 1 atom stereocenters. The van der Waals surface area contributed by atoms with Gasteiger partial charge in [-0.3, -0.25) is 4.39 Å². The third-order valence-electron chi connectivity index (χ3n) is 5.01. The minimum Gasteiger partial charge on any atom is -0.435 e. The van der Waals surface area contributed by atoms with Crippen LogP contribution in [0.1, 0.15) is 5.56 Å². The zero-order valence-electron chi connectivity index (χ0n) is 18.2. The molecule has 1 N–H and O–H groups in total. The van der Waals surface area contributed by atoms with E-state index in [1.165, 1.54) is 48.7 Å². The average Bonchev–Trinajstić information content (AvgIpc) is 3.27. The minimum atomic E-state index is -4.96. The summed E-state index contributed by atoms with van der Waals surface area (Å²) < 4.78 is 81.8. The Morgan fingerprint density at radius 2 is 1.63 bits per heavy atom.